The lowest BCUT2D eigenvalue weighted by molar-refractivity contribution is -0.0597. The van der Waals surface area contributed by atoms with E-state index in [-0.39, 0.29) is 28.7 Å². The van der Waals surface area contributed by atoms with Gasteiger partial charge < -0.3 is 33.3 Å². The molecule has 0 amide bonds. The van der Waals surface area contributed by atoms with E-state index in [0.29, 0.717) is 19.8 Å². The molecule has 1 saturated heterocycles. The molecule has 0 aliphatic carbocycles. The second-order valence-corrected chi connectivity index (χ2v) is 25.2. The van der Waals surface area contributed by atoms with E-state index in [1.807, 2.05) is 24.3 Å². The van der Waals surface area contributed by atoms with Gasteiger partial charge >= 0.3 is 0 Å². The van der Waals surface area contributed by atoms with E-state index in [4.69, 9.17) is 23.1 Å². The number of epoxide rings is 1. The molecule has 7 nitrogen and oxygen atoms in total. The molecule has 1 unspecified atom stereocenters. The van der Waals surface area contributed by atoms with Crippen molar-refractivity contribution in [1.82, 2.24) is 0 Å². The summed E-state index contributed by atoms with van der Waals surface area (Å²) in [6.45, 7) is 31.5. The fraction of sp³-hybridized carbons (Fsp3) is 0.765. The number of ether oxygens (including phenoxy) is 3. The molecule has 7 atom stereocenters. The lowest BCUT2D eigenvalue weighted by Crippen LogP contribution is -2.56. The Hall–Kier alpha value is -1.05. The Labute approximate surface area is 264 Å². The maximum absolute atomic E-state index is 11.8. The van der Waals surface area contributed by atoms with Crippen molar-refractivity contribution < 1.29 is 33.3 Å². The Kier molecular flexibility index (Phi) is 12.9. The highest BCUT2D eigenvalue weighted by atomic mass is 28.4. The molecule has 2 N–H and O–H groups in total. The van der Waals surface area contributed by atoms with Gasteiger partial charge in [-0.2, -0.15) is 0 Å². The van der Waals surface area contributed by atoms with E-state index in [9.17, 15) is 10.2 Å². The summed E-state index contributed by atoms with van der Waals surface area (Å²) in [4.78, 5) is 0. The SMILES string of the molecule is C=C[C@H](CO)[C@H](O)[C@H](CO[Si](C)(C)C(C)(C)C)[C@H](O[Si](C)(C)C(C)(C)C)C1(C)O[C@@H]1[C@@H](C)COCc1ccc(OC)cc1. The smallest absolute Gasteiger partial charge is 0.192 e. The molecular formula is C34H62O7Si2. The van der Waals surface area contributed by atoms with Gasteiger partial charge in [-0.15, -0.1) is 6.58 Å². The summed E-state index contributed by atoms with van der Waals surface area (Å²) < 4.78 is 31.9. The van der Waals surface area contributed by atoms with Gasteiger partial charge in [0.2, 0.25) is 0 Å². The van der Waals surface area contributed by atoms with E-state index in [2.05, 4.69) is 88.2 Å². The van der Waals surface area contributed by atoms with Crippen molar-refractivity contribution in [2.75, 3.05) is 26.9 Å². The standard InChI is InChI=1S/C34H62O7Si2/c1-15-26(20-35)29(36)28(23-39-42(11,12)32(3,4)5)31(41-43(13,14)33(6,7)8)34(9)30(40-34)24(2)21-38-22-25-16-18-27(37-10)19-17-25/h15-19,24,26,28-31,35-36H,1,20-23H2,2-14H3/t24-,26+,28-,29-,30+,31-,34?/m0/s1. The first kappa shape index (κ1) is 38.1. The predicted octanol–water partition coefficient (Wildman–Crippen LogP) is 7.19. The van der Waals surface area contributed by atoms with Crippen LogP contribution < -0.4 is 4.74 Å². The van der Waals surface area contributed by atoms with E-state index in [0.717, 1.165) is 11.3 Å². The van der Waals surface area contributed by atoms with Gasteiger partial charge in [-0.25, -0.2) is 0 Å². The van der Waals surface area contributed by atoms with Gasteiger partial charge in [0, 0.05) is 24.4 Å². The Morgan fingerprint density at radius 3 is 2.02 bits per heavy atom. The number of aliphatic hydroxyl groups is 2. The zero-order chi connectivity index (χ0) is 33.0. The number of hydrogen-bond donors (Lipinski definition) is 2. The lowest BCUT2D eigenvalue weighted by atomic mass is 9.80. The van der Waals surface area contributed by atoms with E-state index in [1.54, 1.807) is 13.2 Å². The van der Waals surface area contributed by atoms with Crippen molar-refractivity contribution in [3.63, 3.8) is 0 Å². The van der Waals surface area contributed by atoms with Crippen molar-refractivity contribution in [2.24, 2.45) is 17.8 Å². The molecule has 0 radical (unpaired) electrons. The molecular weight excluding hydrogens is 577 g/mol. The normalized spacial score (nSPS) is 23.3. The summed E-state index contributed by atoms with van der Waals surface area (Å²) in [5.74, 6) is -0.0208. The van der Waals surface area contributed by atoms with Crippen LogP contribution in [0.3, 0.4) is 0 Å². The molecule has 0 spiro atoms. The van der Waals surface area contributed by atoms with Gasteiger partial charge in [0.1, 0.15) is 11.4 Å². The molecule has 1 fully saturated rings. The predicted molar refractivity (Wildman–Crippen MR) is 181 cm³/mol. The zero-order valence-corrected chi connectivity index (χ0v) is 31.3. The van der Waals surface area contributed by atoms with Gasteiger partial charge in [0.15, 0.2) is 16.6 Å². The van der Waals surface area contributed by atoms with Gasteiger partial charge in [-0.05, 0) is 60.9 Å². The highest BCUT2D eigenvalue weighted by molar-refractivity contribution is 6.74. The zero-order valence-electron chi connectivity index (χ0n) is 29.3. The van der Waals surface area contributed by atoms with E-state index < -0.39 is 46.3 Å². The molecule has 1 aromatic rings. The minimum Gasteiger partial charge on any atom is -0.497 e. The van der Waals surface area contributed by atoms with Crippen LogP contribution in [0.5, 0.6) is 5.75 Å². The van der Waals surface area contributed by atoms with Crippen molar-refractivity contribution in [1.29, 1.82) is 0 Å². The molecule has 2 rings (SSSR count). The number of hydrogen-bond acceptors (Lipinski definition) is 7. The molecule has 0 saturated carbocycles. The summed E-state index contributed by atoms with van der Waals surface area (Å²) in [5.41, 5.74) is 0.430. The monoisotopic (exact) mass is 638 g/mol. The molecule has 248 valence electrons. The first-order chi connectivity index (χ1) is 19.6. The van der Waals surface area contributed by atoms with Crippen LogP contribution in [0.2, 0.25) is 36.3 Å². The Morgan fingerprint density at radius 1 is 1.00 bits per heavy atom. The molecule has 9 heteroatoms. The Morgan fingerprint density at radius 2 is 1.56 bits per heavy atom. The molecule has 1 aliphatic rings. The third-order valence-electron chi connectivity index (χ3n) is 10.2. The van der Waals surface area contributed by atoms with Gasteiger partial charge in [-0.1, -0.05) is 66.7 Å². The molecule has 43 heavy (non-hydrogen) atoms. The Balaban J connectivity index is 2.37. The van der Waals surface area contributed by atoms with E-state index in [1.165, 1.54) is 0 Å². The first-order valence-electron chi connectivity index (χ1n) is 15.8. The summed E-state index contributed by atoms with van der Waals surface area (Å²) >= 11 is 0. The summed E-state index contributed by atoms with van der Waals surface area (Å²) in [6.07, 6.45) is 0.162. The van der Waals surface area contributed by atoms with Crippen LogP contribution in [0, 0.1) is 17.8 Å². The highest BCUT2D eigenvalue weighted by Crippen LogP contribution is 2.51. The maximum atomic E-state index is 11.8. The molecule has 0 bridgehead atoms. The van der Waals surface area contributed by atoms with Crippen LogP contribution in [-0.4, -0.2) is 77.7 Å². The van der Waals surface area contributed by atoms with Crippen molar-refractivity contribution >= 4 is 16.6 Å². The van der Waals surface area contributed by atoms with Crippen LogP contribution in [0.25, 0.3) is 0 Å². The number of methoxy groups -OCH3 is 1. The average Bonchev–Trinajstić information content (AvgIpc) is 3.60. The number of benzene rings is 1. The highest BCUT2D eigenvalue weighted by Gasteiger charge is 2.64. The van der Waals surface area contributed by atoms with Crippen molar-refractivity contribution in [3.05, 3.63) is 42.5 Å². The minimum atomic E-state index is -2.32. The first-order valence-corrected chi connectivity index (χ1v) is 21.6. The van der Waals surface area contributed by atoms with Gasteiger partial charge in [0.05, 0.1) is 45.2 Å². The molecule has 1 heterocycles. The van der Waals surface area contributed by atoms with Crippen LogP contribution in [0.15, 0.2) is 36.9 Å². The fourth-order valence-electron chi connectivity index (χ4n) is 4.97. The topological polar surface area (TPSA) is 89.9 Å². The number of rotatable bonds is 17. The molecule has 0 aromatic heterocycles. The summed E-state index contributed by atoms with van der Waals surface area (Å²) in [7, 11) is -2.82. The van der Waals surface area contributed by atoms with Crippen LogP contribution in [0.4, 0.5) is 0 Å². The third-order valence-corrected chi connectivity index (χ3v) is 19.2. The number of aliphatic hydroxyl groups excluding tert-OH is 2. The minimum absolute atomic E-state index is 0.00532. The van der Waals surface area contributed by atoms with Crippen molar-refractivity contribution in [2.45, 2.75) is 122 Å². The molecule has 1 aliphatic heterocycles. The summed E-state index contributed by atoms with van der Waals surface area (Å²) in [6, 6.07) is 7.89. The lowest BCUT2D eigenvalue weighted by Gasteiger charge is -2.46. The second-order valence-electron chi connectivity index (χ2n) is 15.7. The summed E-state index contributed by atoms with van der Waals surface area (Å²) in [5, 5.41) is 21.9. The van der Waals surface area contributed by atoms with Crippen LogP contribution in [-0.2, 0) is 24.9 Å². The largest absolute Gasteiger partial charge is 0.497 e. The second kappa shape index (κ2) is 14.6. The average molecular weight is 639 g/mol. The van der Waals surface area contributed by atoms with Crippen molar-refractivity contribution in [3.8, 4) is 5.75 Å². The quantitative estimate of drug-likeness (QED) is 0.106. The van der Waals surface area contributed by atoms with Crippen LogP contribution in [0.1, 0.15) is 61.0 Å². The fourth-order valence-corrected chi connectivity index (χ4v) is 7.41. The molecule has 1 aromatic carbocycles. The third kappa shape index (κ3) is 9.48. The van der Waals surface area contributed by atoms with Gasteiger partial charge in [-0.3, -0.25) is 0 Å². The van der Waals surface area contributed by atoms with E-state index >= 15 is 0 Å². The maximum Gasteiger partial charge on any atom is 0.192 e. The van der Waals surface area contributed by atoms with Gasteiger partial charge in [0.25, 0.3) is 0 Å². The Bertz CT molecular complexity index is 1020. The van der Waals surface area contributed by atoms with Crippen LogP contribution >= 0.6 is 0 Å².